The molecule has 1 aliphatic rings. The summed E-state index contributed by atoms with van der Waals surface area (Å²) < 4.78 is 23.7. The molecule has 2 atom stereocenters. The van der Waals surface area contributed by atoms with E-state index in [0.29, 0.717) is 19.7 Å². The Kier molecular flexibility index (Phi) is 4.37. The molecule has 0 aliphatic carbocycles. The molecule has 2 rings (SSSR count). The van der Waals surface area contributed by atoms with Gasteiger partial charge in [-0.15, -0.1) is 0 Å². The first-order valence-electron chi connectivity index (χ1n) is 6.38. The van der Waals surface area contributed by atoms with Crippen LogP contribution in [0.4, 0.5) is 4.39 Å². The van der Waals surface area contributed by atoms with Gasteiger partial charge in [-0.2, -0.15) is 0 Å². The Morgan fingerprint density at radius 2 is 2.26 bits per heavy atom. The van der Waals surface area contributed by atoms with Crippen molar-refractivity contribution >= 4 is 5.97 Å². The first-order valence-corrected chi connectivity index (χ1v) is 6.38. The van der Waals surface area contributed by atoms with E-state index >= 15 is 0 Å². The minimum absolute atomic E-state index is 0.0561. The molecule has 0 spiro atoms. The number of esters is 1. The Bertz CT molecular complexity index is 464. The van der Waals surface area contributed by atoms with Crippen LogP contribution in [0.15, 0.2) is 18.2 Å². The quantitative estimate of drug-likeness (QED) is 0.844. The lowest BCUT2D eigenvalue weighted by Gasteiger charge is -2.18. The number of rotatable bonds is 4. The lowest BCUT2D eigenvalue weighted by atomic mass is 9.89. The SMILES string of the molecule is CCOC(=O)C1CNCC1c1ccc(OC)c(F)c1. The summed E-state index contributed by atoms with van der Waals surface area (Å²) >= 11 is 0. The Morgan fingerprint density at radius 3 is 2.89 bits per heavy atom. The first kappa shape index (κ1) is 13.8. The maximum Gasteiger partial charge on any atom is 0.310 e. The Labute approximate surface area is 111 Å². The molecule has 1 aliphatic heterocycles. The normalized spacial score (nSPS) is 22.3. The first-order chi connectivity index (χ1) is 9.17. The fraction of sp³-hybridized carbons (Fsp3) is 0.500. The van der Waals surface area contributed by atoms with Gasteiger partial charge in [0, 0.05) is 19.0 Å². The predicted molar refractivity (Wildman–Crippen MR) is 68.7 cm³/mol. The van der Waals surface area contributed by atoms with Gasteiger partial charge in [0.05, 0.1) is 19.6 Å². The average Bonchev–Trinajstić information content (AvgIpc) is 2.88. The van der Waals surface area contributed by atoms with E-state index in [9.17, 15) is 9.18 Å². The van der Waals surface area contributed by atoms with Crippen LogP contribution in [0.5, 0.6) is 5.75 Å². The molecule has 1 heterocycles. The summed E-state index contributed by atoms with van der Waals surface area (Å²) in [4.78, 5) is 11.9. The van der Waals surface area contributed by atoms with Crippen LogP contribution in [0.1, 0.15) is 18.4 Å². The number of halogens is 1. The highest BCUT2D eigenvalue weighted by molar-refractivity contribution is 5.74. The van der Waals surface area contributed by atoms with Crippen LogP contribution in [0.25, 0.3) is 0 Å². The molecule has 1 saturated heterocycles. The number of ether oxygens (including phenoxy) is 2. The maximum absolute atomic E-state index is 13.7. The standard InChI is InChI=1S/C14H18FNO3/c1-3-19-14(17)11-8-16-7-10(11)9-4-5-13(18-2)12(15)6-9/h4-6,10-11,16H,3,7-8H2,1-2H3. The predicted octanol–water partition coefficient (Wildman–Crippen LogP) is 1.70. The molecule has 0 aromatic heterocycles. The van der Waals surface area contributed by atoms with Crippen molar-refractivity contribution in [2.45, 2.75) is 12.8 Å². The minimum Gasteiger partial charge on any atom is -0.494 e. The molecule has 104 valence electrons. The Morgan fingerprint density at radius 1 is 1.47 bits per heavy atom. The molecule has 2 unspecified atom stereocenters. The van der Waals surface area contributed by atoms with E-state index in [2.05, 4.69) is 5.32 Å². The van der Waals surface area contributed by atoms with Crippen LogP contribution in [0.3, 0.4) is 0 Å². The fourth-order valence-corrected chi connectivity index (χ4v) is 2.44. The van der Waals surface area contributed by atoms with Gasteiger partial charge in [0.25, 0.3) is 0 Å². The molecule has 0 amide bonds. The van der Waals surface area contributed by atoms with Crippen molar-refractivity contribution in [1.29, 1.82) is 0 Å². The molecule has 0 radical (unpaired) electrons. The molecule has 1 N–H and O–H groups in total. The fourth-order valence-electron chi connectivity index (χ4n) is 2.44. The van der Waals surface area contributed by atoms with Crippen molar-refractivity contribution in [2.24, 2.45) is 5.92 Å². The number of benzene rings is 1. The zero-order chi connectivity index (χ0) is 13.8. The lowest BCUT2D eigenvalue weighted by molar-refractivity contribution is -0.147. The number of hydrogen-bond donors (Lipinski definition) is 1. The van der Waals surface area contributed by atoms with Crippen molar-refractivity contribution in [3.05, 3.63) is 29.6 Å². The van der Waals surface area contributed by atoms with E-state index in [-0.39, 0.29) is 23.6 Å². The van der Waals surface area contributed by atoms with Gasteiger partial charge in [0.1, 0.15) is 0 Å². The van der Waals surface area contributed by atoms with Crippen molar-refractivity contribution in [3.8, 4) is 5.75 Å². The Balaban J connectivity index is 2.20. The van der Waals surface area contributed by atoms with E-state index < -0.39 is 5.82 Å². The molecular formula is C14H18FNO3. The molecule has 5 heteroatoms. The van der Waals surface area contributed by atoms with Gasteiger partial charge >= 0.3 is 5.97 Å². The third-order valence-corrected chi connectivity index (χ3v) is 3.41. The van der Waals surface area contributed by atoms with Crippen molar-refractivity contribution in [2.75, 3.05) is 26.8 Å². The number of carbonyl (C=O) groups is 1. The molecular weight excluding hydrogens is 249 g/mol. The molecule has 1 aromatic carbocycles. The van der Waals surface area contributed by atoms with Crippen LogP contribution < -0.4 is 10.1 Å². The molecule has 4 nitrogen and oxygen atoms in total. The Hall–Kier alpha value is -1.62. The summed E-state index contributed by atoms with van der Waals surface area (Å²) in [5, 5.41) is 3.15. The third kappa shape index (κ3) is 2.87. The number of carbonyl (C=O) groups excluding carboxylic acids is 1. The van der Waals surface area contributed by atoms with Crippen LogP contribution in [0.2, 0.25) is 0 Å². The van der Waals surface area contributed by atoms with Crippen LogP contribution in [-0.4, -0.2) is 32.8 Å². The van der Waals surface area contributed by atoms with Gasteiger partial charge in [0.15, 0.2) is 11.6 Å². The number of hydrogen-bond acceptors (Lipinski definition) is 4. The molecule has 1 fully saturated rings. The number of nitrogens with one attached hydrogen (secondary N) is 1. The second-order valence-corrected chi connectivity index (χ2v) is 4.52. The van der Waals surface area contributed by atoms with Crippen molar-refractivity contribution < 1.29 is 18.7 Å². The summed E-state index contributed by atoms with van der Waals surface area (Å²) in [6.45, 7) is 3.35. The zero-order valence-corrected chi connectivity index (χ0v) is 11.1. The number of methoxy groups -OCH3 is 1. The highest BCUT2D eigenvalue weighted by atomic mass is 19.1. The van der Waals surface area contributed by atoms with E-state index in [1.807, 2.05) is 0 Å². The minimum atomic E-state index is -0.408. The molecule has 19 heavy (non-hydrogen) atoms. The monoisotopic (exact) mass is 267 g/mol. The smallest absolute Gasteiger partial charge is 0.310 e. The summed E-state index contributed by atoms with van der Waals surface area (Å²) in [7, 11) is 1.43. The highest BCUT2D eigenvalue weighted by Crippen LogP contribution is 2.31. The zero-order valence-electron chi connectivity index (χ0n) is 11.1. The molecule has 0 saturated carbocycles. The second kappa shape index (κ2) is 6.02. The summed E-state index contributed by atoms with van der Waals surface area (Å²) in [6.07, 6.45) is 0. The maximum atomic E-state index is 13.7. The van der Waals surface area contributed by atoms with Crippen molar-refractivity contribution in [1.82, 2.24) is 5.32 Å². The second-order valence-electron chi connectivity index (χ2n) is 4.52. The van der Waals surface area contributed by atoms with E-state index in [4.69, 9.17) is 9.47 Å². The summed E-state index contributed by atoms with van der Waals surface area (Å²) in [6, 6.07) is 4.82. The van der Waals surface area contributed by atoms with Gasteiger partial charge in [-0.3, -0.25) is 4.79 Å². The topological polar surface area (TPSA) is 47.6 Å². The summed E-state index contributed by atoms with van der Waals surface area (Å²) in [5.41, 5.74) is 0.793. The highest BCUT2D eigenvalue weighted by Gasteiger charge is 2.35. The van der Waals surface area contributed by atoms with E-state index in [0.717, 1.165) is 5.56 Å². The van der Waals surface area contributed by atoms with E-state index in [1.165, 1.54) is 13.2 Å². The lowest BCUT2D eigenvalue weighted by Crippen LogP contribution is -2.24. The van der Waals surface area contributed by atoms with Gasteiger partial charge in [-0.05, 0) is 24.6 Å². The third-order valence-electron chi connectivity index (χ3n) is 3.41. The summed E-state index contributed by atoms with van der Waals surface area (Å²) in [5.74, 6) is -0.738. The molecule has 1 aromatic rings. The largest absolute Gasteiger partial charge is 0.494 e. The van der Waals surface area contributed by atoms with Crippen LogP contribution in [-0.2, 0) is 9.53 Å². The van der Waals surface area contributed by atoms with E-state index in [1.54, 1.807) is 19.1 Å². The van der Waals surface area contributed by atoms with Crippen LogP contribution in [0, 0.1) is 11.7 Å². The molecule has 0 bridgehead atoms. The van der Waals surface area contributed by atoms with Gasteiger partial charge in [-0.25, -0.2) is 4.39 Å². The van der Waals surface area contributed by atoms with Gasteiger partial charge in [-0.1, -0.05) is 6.07 Å². The van der Waals surface area contributed by atoms with Gasteiger partial charge in [0.2, 0.25) is 0 Å². The van der Waals surface area contributed by atoms with Gasteiger partial charge < -0.3 is 14.8 Å². The average molecular weight is 267 g/mol. The van der Waals surface area contributed by atoms with Crippen molar-refractivity contribution in [3.63, 3.8) is 0 Å². The van der Waals surface area contributed by atoms with Crippen LogP contribution >= 0.6 is 0 Å².